The summed E-state index contributed by atoms with van der Waals surface area (Å²) >= 11 is 0. The molecule has 92 valence electrons. The predicted molar refractivity (Wildman–Crippen MR) is 61.5 cm³/mol. The van der Waals surface area contributed by atoms with Gasteiger partial charge in [0.1, 0.15) is 0 Å². The van der Waals surface area contributed by atoms with Crippen LogP contribution in [0.25, 0.3) is 0 Å². The molecule has 1 aromatic carbocycles. The molecule has 1 heterocycles. The Bertz CT molecular complexity index is 376. The smallest absolute Gasteiger partial charge is 0.305 e. The number of aliphatic hydroxyl groups is 1. The molecule has 0 saturated carbocycles. The van der Waals surface area contributed by atoms with Crippen LogP contribution in [0.1, 0.15) is 30.9 Å². The van der Waals surface area contributed by atoms with Gasteiger partial charge in [0.05, 0.1) is 24.7 Å². The summed E-state index contributed by atoms with van der Waals surface area (Å²) in [5.74, 6) is -0.893. The van der Waals surface area contributed by atoms with Crippen LogP contribution in [0.5, 0.6) is 0 Å². The Labute approximate surface area is 99.8 Å². The molecule has 1 aromatic rings. The second kappa shape index (κ2) is 5.29. The van der Waals surface area contributed by atoms with E-state index < -0.39 is 18.2 Å². The number of carboxylic acids is 1. The van der Waals surface area contributed by atoms with Crippen LogP contribution < -0.4 is 0 Å². The fourth-order valence-corrected chi connectivity index (χ4v) is 2.20. The van der Waals surface area contributed by atoms with Crippen molar-refractivity contribution < 1.29 is 19.7 Å². The first kappa shape index (κ1) is 12.1. The lowest BCUT2D eigenvalue weighted by Crippen LogP contribution is -2.32. The van der Waals surface area contributed by atoms with Gasteiger partial charge >= 0.3 is 5.97 Å². The summed E-state index contributed by atoms with van der Waals surface area (Å²) in [7, 11) is 0. The van der Waals surface area contributed by atoms with Gasteiger partial charge < -0.3 is 14.9 Å². The van der Waals surface area contributed by atoms with E-state index in [-0.39, 0.29) is 12.5 Å². The van der Waals surface area contributed by atoms with Crippen molar-refractivity contribution in [1.29, 1.82) is 0 Å². The van der Waals surface area contributed by atoms with E-state index in [9.17, 15) is 9.90 Å². The molecule has 0 amide bonds. The molecule has 0 aromatic heterocycles. The highest BCUT2D eigenvalue weighted by Gasteiger charge is 2.30. The highest BCUT2D eigenvalue weighted by molar-refractivity contribution is 5.67. The van der Waals surface area contributed by atoms with Gasteiger partial charge in [-0.25, -0.2) is 0 Å². The normalized spacial score (nSPS) is 28.9. The third-order valence-corrected chi connectivity index (χ3v) is 2.95. The first-order valence-corrected chi connectivity index (χ1v) is 5.75. The van der Waals surface area contributed by atoms with Gasteiger partial charge in [0, 0.05) is 12.8 Å². The van der Waals surface area contributed by atoms with E-state index >= 15 is 0 Å². The molecule has 0 radical (unpaired) electrons. The summed E-state index contributed by atoms with van der Waals surface area (Å²) in [4.78, 5) is 10.7. The van der Waals surface area contributed by atoms with Crippen LogP contribution in [0.2, 0.25) is 0 Å². The first-order chi connectivity index (χ1) is 8.15. The number of rotatable bonds is 3. The van der Waals surface area contributed by atoms with Crippen molar-refractivity contribution in [3.8, 4) is 0 Å². The zero-order valence-electron chi connectivity index (χ0n) is 9.45. The van der Waals surface area contributed by atoms with Crippen molar-refractivity contribution >= 4 is 5.97 Å². The van der Waals surface area contributed by atoms with E-state index in [1.54, 1.807) is 0 Å². The van der Waals surface area contributed by atoms with E-state index in [0.29, 0.717) is 12.8 Å². The zero-order chi connectivity index (χ0) is 12.3. The van der Waals surface area contributed by atoms with Crippen LogP contribution in [0.15, 0.2) is 30.3 Å². The largest absolute Gasteiger partial charge is 0.481 e. The van der Waals surface area contributed by atoms with Gasteiger partial charge in [-0.05, 0) is 5.56 Å². The van der Waals surface area contributed by atoms with Gasteiger partial charge in [0.2, 0.25) is 0 Å². The van der Waals surface area contributed by atoms with Crippen LogP contribution in [0, 0.1) is 0 Å². The Morgan fingerprint density at radius 3 is 2.65 bits per heavy atom. The zero-order valence-corrected chi connectivity index (χ0v) is 9.45. The molecule has 1 fully saturated rings. The number of aliphatic hydroxyl groups excluding tert-OH is 1. The second-order valence-corrected chi connectivity index (χ2v) is 4.38. The van der Waals surface area contributed by atoms with Crippen molar-refractivity contribution in [3.05, 3.63) is 35.9 Å². The molecular formula is C13H16O4. The van der Waals surface area contributed by atoms with E-state index in [4.69, 9.17) is 9.84 Å². The lowest BCUT2D eigenvalue weighted by molar-refractivity contribution is -0.147. The Morgan fingerprint density at radius 1 is 1.29 bits per heavy atom. The molecular weight excluding hydrogens is 220 g/mol. The average Bonchev–Trinajstić information content (AvgIpc) is 2.28. The lowest BCUT2D eigenvalue weighted by Gasteiger charge is -2.32. The van der Waals surface area contributed by atoms with Crippen LogP contribution in [-0.2, 0) is 9.53 Å². The standard InChI is InChI=1S/C13H16O4/c14-10-6-11(8-13(15)16)17-12(7-10)9-4-2-1-3-5-9/h1-5,10-12,14H,6-8H2,(H,15,16)/t10-,11-,12+/m1/s1. The maximum atomic E-state index is 10.7. The van der Waals surface area contributed by atoms with Crippen molar-refractivity contribution in [2.75, 3.05) is 0 Å². The van der Waals surface area contributed by atoms with Gasteiger partial charge in [0.15, 0.2) is 0 Å². The van der Waals surface area contributed by atoms with Gasteiger partial charge in [-0.2, -0.15) is 0 Å². The molecule has 1 aliphatic heterocycles. The van der Waals surface area contributed by atoms with E-state index in [1.165, 1.54) is 0 Å². The van der Waals surface area contributed by atoms with Gasteiger partial charge in [0.25, 0.3) is 0 Å². The van der Waals surface area contributed by atoms with E-state index in [0.717, 1.165) is 5.56 Å². The van der Waals surface area contributed by atoms with Crippen LogP contribution in [0.4, 0.5) is 0 Å². The molecule has 0 spiro atoms. The minimum Gasteiger partial charge on any atom is -0.481 e. The van der Waals surface area contributed by atoms with E-state index in [1.807, 2.05) is 30.3 Å². The van der Waals surface area contributed by atoms with E-state index in [2.05, 4.69) is 0 Å². The minimum absolute atomic E-state index is 0.0552. The fourth-order valence-electron chi connectivity index (χ4n) is 2.20. The number of carboxylic acid groups (broad SMARTS) is 1. The third-order valence-electron chi connectivity index (χ3n) is 2.95. The van der Waals surface area contributed by atoms with Crippen LogP contribution >= 0.6 is 0 Å². The van der Waals surface area contributed by atoms with Crippen molar-refractivity contribution in [2.45, 2.75) is 37.6 Å². The minimum atomic E-state index is -0.893. The molecule has 1 aliphatic rings. The Kier molecular flexibility index (Phi) is 3.76. The number of ether oxygens (including phenoxy) is 1. The molecule has 17 heavy (non-hydrogen) atoms. The van der Waals surface area contributed by atoms with Crippen molar-refractivity contribution in [2.24, 2.45) is 0 Å². The summed E-state index contributed by atoms with van der Waals surface area (Å²) < 4.78 is 5.71. The Hall–Kier alpha value is -1.39. The summed E-state index contributed by atoms with van der Waals surface area (Å²) in [5, 5.41) is 18.5. The molecule has 2 rings (SSSR count). The quantitative estimate of drug-likeness (QED) is 0.839. The third kappa shape index (κ3) is 3.28. The van der Waals surface area contributed by atoms with Crippen LogP contribution in [-0.4, -0.2) is 28.4 Å². The maximum Gasteiger partial charge on any atom is 0.305 e. The van der Waals surface area contributed by atoms with Crippen molar-refractivity contribution in [1.82, 2.24) is 0 Å². The molecule has 4 nitrogen and oxygen atoms in total. The average molecular weight is 236 g/mol. The summed E-state index contributed by atoms with van der Waals surface area (Å²) in [6.45, 7) is 0. The number of carbonyl (C=O) groups is 1. The highest BCUT2D eigenvalue weighted by atomic mass is 16.5. The SMILES string of the molecule is O=C(O)C[C@H]1C[C@@H](O)C[C@@H](c2ccccc2)O1. The Balaban J connectivity index is 2.06. The number of aliphatic carboxylic acids is 1. The number of hydrogen-bond donors (Lipinski definition) is 2. The van der Waals surface area contributed by atoms with Gasteiger partial charge in [-0.1, -0.05) is 30.3 Å². The van der Waals surface area contributed by atoms with Crippen molar-refractivity contribution in [3.63, 3.8) is 0 Å². The highest BCUT2D eigenvalue weighted by Crippen LogP contribution is 2.32. The monoisotopic (exact) mass is 236 g/mol. The molecule has 1 saturated heterocycles. The summed E-state index contributed by atoms with van der Waals surface area (Å²) in [5.41, 5.74) is 0.988. The summed E-state index contributed by atoms with van der Waals surface area (Å²) in [6.07, 6.45) is -0.222. The lowest BCUT2D eigenvalue weighted by atomic mass is 9.95. The topological polar surface area (TPSA) is 66.8 Å². The van der Waals surface area contributed by atoms with Gasteiger partial charge in [-0.3, -0.25) is 4.79 Å². The molecule has 0 aliphatic carbocycles. The maximum absolute atomic E-state index is 10.7. The molecule has 0 unspecified atom stereocenters. The second-order valence-electron chi connectivity index (χ2n) is 4.38. The van der Waals surface area contributed by atoms with Gasteiger partial charge in [-0.15, -0.1) is 0 Å². The first-order valence-electron chi connectivity index (χ1n) is 5.75. The number of benzene rings is 1. The fraction of sp³-hybridized carbons (Fsp3) is 0.462. The molecule has 0 bridgehead atoms. The summed E-state index contributed by atoms with van der Waals surface area (Å²) in [6, 6.07) is 9.59. The Morgan fingerprint density at radius 2 is 2.00 bits per heavy atom. The molecule has 4 heteroatoms. The molecule has 3 atom stereocenters. The van der Waals surface area contributed by atoms with Crippen LogP contribution in [0.3, 0.4) is 0 Å². The predicted octanol–water partition coefficient (Wildman–Crippen LogP) is 1.74. The molecule has 2 N–H and O–H groups in total. The number of hydrogen-bond acceptors (Lipinski definition) is 3.